The lowest BCUT2D eigenvalue weighted by Gasteiger charge is -2.37. The van der Waals surface area contributed by atoms with Crippen LogP contribution in [0.2, 0.25) is 0 Å². The van der Waals surface area contributed by atoms with Gasteiger partial charge in [0.15, 0.2) is 0 Å². The zero-order valence-corrected chi connectivity index (χ0v) is 21.0. The van der Waals surface area contributed by atoms with E-state index in [0.29, 0.717) is 49.4 Å². The Kier molecular flexibility index (Phi) is 7.31. The number of carbonyl (C=O) groups is 1. The van der Waals surface area contributed by atoms with Crippen LogP contribution >= 0.6 is 0 Å². The first-order chi connectivity index (χ1) is 17.1. The van der Waals surface area contributed by atoms with Crippen molar-refractivity contribution in [3.05, 3.63) is 59.7 Å². The first kappa shape index (κ1) is 25.6. The Hall–Kier alpha value is -3.46. The van der Waals surface area contributed by atoms with Gasteiger partial charge >= 0.3 is 0 Å². The Morgan fingerprint density at radius 2 is 1.78 bits per heavy atom. The molecule has 190 valence electrons. The fraction of sp³-hybridized carbons (Fsp3) is 0.407. The number of hydrogen-bond donors (Lipinski definition) is 2. The summed E-state index contributed by atoms with van der Waals surface area (Å²) in [4.78, 5) is 27.5. The minimum atomic E-state index is -0.939. The van der Waals surface area contributed by atoms with E-state index in [4.69, 9.17) is 0 Å². The second kappa shape index (κ2) is 10.3. The number of amides is 1. The van der Waals surface area contributed by atoms with Crippen molar-refractivity contribution in [3.63, 3.8) is 0 Å². The molecule has 2 aromatic heterocycles. The van der Waals surface area contributed by atoms with Crippen molar-refractivity contribution in [2.75, 3.05) is 25.5 Å². The first-order valence-corrected chi connectivity index (χ1v) is 12.1. The molecule has 1 aliphatic rings. The van der Waals surface area contributed by atoms with Gasteiger partial charge in [-0.05, 0) is 63.3 Å². The quantitative estimate of drug-likeness (QED) is 0.515. The molecule has 0 atom stereocenters. The number of halogens is 2. The molecule has 9 heteroatoms. The van der Waals surface area contributed by atoms with Crippen LogP contribution in [-0.4, -0.2) is 56.6 Å². The summed E-state index contributed by atoms with van der Waals surface area (Å²) >= 11 is 0. The van der Waals surface area contributed by atoms with Gasteiger partial charge in [0.2, 0.25) is 0 Å². The third-order valence-corrected chi connectivity index (χ3v) is 6.88. The molecule has 3 heterocycles. The summed E-state index contributed by atoms with van der Waals surface area (Å²) in [5.41, 5.74) is 1.22. The van der Waals surface area contributed by atoms with Gasteiger partial charge < -0.3 is 15.3 Å². The summed E-state index contributed by atoms with van der Waals surface area (Å²) in [6.07, 6.45) is 4.76. The predicted octanol–water partition coefficient (Wildman–Crippen LogP) is 4.71. The van der Waals surface area contributed by atoms with E-state index < -0.39 is 28.7 Å². The number of pyridine rings is 1. The molecule has 2 N–H and O–H groups in total. The SMILES string of the molecule is CCc1ncnc(-c2cc(F)c(C(=O)N3CCC(C(C)(C)O)CC3)c(F)c2)c1-c1ccc(NC)nc1. The first-order valence-electron chi connectivity index (χ1n) is 12.1. The van der Waals surface area contributed by atoms with E-state index in [1.54, 1.807) is 33.2 Å². The third-order valence-electron chi connectivity index (χ3n) is 6.88. The standard InChI is InChI=1S/C27H31F2N5O2/c1-5-21-23(16-6-7-22(30-4)31-14-16)25(33-15-32-21)17-12-19(28)24(20(29)13-17)26(35)34-10-8-18(9-11-34)27(2,3)36/h6-7,12-15,18,36H,5,8-11H2,1-4H3,(H,30,31). The highest BCUT2D eigenvalue weighted by atomic mass is 19.1. The van der Waals surface area contributed by atoms with Crippen molar-refractivity contribution in [2.45, 2.75) is 45.6 Å². The van der Waals surface area contributed by atoms with Gasteiger partial charge in [0, 0.05) is 43.0 Å². The normalized spacial score (nSPS) is 14.7. The van der Waals surface area contributed by atoms with Crippen molar-refractivity contribution in [3.8, 4) is 22.4 Å². The maximum Gasteiger partial charge on any atom is 0.259 e. The number of likely N-dealkylation sites (tertiary alicyclic amines) is 1. The maximum atomic E-state index is 15.3. The van der Waals surface area contributed by atoms with Gasteiger partial charge in [-0.1, -0.05) is 6.92 Å². The van der Waals surface area contributed by atoms with Crippen LogP contribution in [0.15, 0.2) is 36.8 Å². The highest BCUT2D eigenvalue weighted by Crippen LogP contribution is 2.35. The lowest BCUT2D eigenvalue weighted by atomic mass is 9.83. The number of nitrogens with zero attached hydrogens (tertiary/aromatic N) is 4. The molecule has 1 amide bonds. The summed E-state index contributed by atoms with van der Waals surface area (Å²) in [7, 11) is 1.76. The number of aromatic nitrogens is 3. The smallest absolute Gasteiger partial charge is 0.259 e. The number of nitrogens with one attached hydrogen (secondary N) is 1. The Morgan fingerprint density at radius 1 is 1.11 bits per heavy atom. The molecule has 1 aliphatic heterocycles. The minimum absolute atomic E-state index is 0.0271. The molecule has 1 saturated heterocycles. The molecule has 0 unspecified atom stereocenters. The van der Waals surface area contributed by atoms with E-state index in [2.05, 4.69) is 20.3 Å². The molecule has 3 aromatic rings. The van der Waals surface area contributed by atoms with E-state index in [9.17, 15) is 9.90 Å². The van der Waals surface area contributed by atoms with E-state index in [1.807, 2.05) is 13.0 Å². The largest absolute Gasteiger partial charge is 0.390 e. The Labute approximate surface area is 209 Å². The van der Waals surface area contributed by atoms with Crippen molar-refractivity contribution in [1.82, 2.24) is 19.9 Å². The highest BCUT2D eigenvalue weighted by molar-refractivity contribution is 5.95. The fourth-order valence-electron chi connectivity index (χ4n) is 4.76. The second-order valence-corrected chi connectivity index (χ2v) is 9.61. The number of benzene rings is 1. The number of anilines is 1. The van der Waals surface area contributed by atoms with Crippen LogP contribution in [0.5, 0.6) is 0 Å². The molecule has 0 spiro atoms. The Morgan fingerprint density at radius 3 is 2.31 bits per heavy atom. The number of rotatable bonds is 6. The molecular formula is C27H31F2N5O2. The molecule has 0 aliphatic carbocycles. The highest BCUT2D eigenvalue weighted by Gasteiger charge is 2.34. The van der Waals surface area contributed by atoms with Gasteiger partial charge in [-0.2, -0.15) is 0 Å². The molecule has 0 radical (unpaired) electrons. The van der Waals surface area contributed by atoms with Gasteiger partial charge in [0.25, 0.3) is 5.91 Å². The van der Waals surface area contributed by atoms with Crippen LogP contribution in [0, 0.1) is 17.6 Å². The second-order valence-electron chi connectivity index (χ2n) is 9.61. The molecule has 4 rings (SSSR count). The maximum absolute atomic E-state index is 15.3. The topological polar surface area (TPSA) is 91.2 Å². The van der Waals surface area contributed by atoms with E-state index in [-0.39, 0.29) is 11.5 Å². The number of carbonyl (C=O) groups excluding carboxylic acids is 1. The third kappa shape index (κ3) is 5.06. The molecule has 7 nitrogen and oxygen atoms in total. The number of piperidine rings is 1. The molecule has 0 bridgehead atoms. The number of hydrogen-bond acceptors (Lipinski definition) is 6. The van der Waals surface area contributed by atoms with Crippen molar-refractivity contribution in [1.29, 1.82) is 0 Å². The van der Waals surface area contributed by atoms with Crippen LogP contribution in [0.25, 0.3) is 22.4 Å². The van der Waals surface area contributed by atoms with E-state index >= 15 is 8.78 Å². The van der Waals surface area contributed by atoms with Gasteiger partial charge in [-0.3, -0.25) is 4.79 Å². The van der Waals surface area contributed by atoms with Crippen molar-refractivity contribution < 1.29 is 18.7 Å². The van der Waals surface area contributed by atoms with Crippen LogP contribution in [-0.2, 0) is 6.42 Å². The van der Waals surface area contributed by atoms with Gasteiger partial charge in [0.1, 0.15) is 29.3 Å². The van der Waals surface area contributed by atoms with Crippen molar-refractivity contribution >= 4 is 11.7 Å². The lowest BCUT2D eigenvalue weighted by Crippen LogP contribution is -2.44. The Balaban J connectivity index is 1.68. The van der Waals surface area contributed by atoms with Gasteiger partial charge in [-0.15, -0.1) is 0 Å². The van der Waals surface area contributed by atoms with Gasteiger partial charge in [0.05, 0.1) is 17.0 Å². The molecule has 1 aromatic carbocycles. The average Bonchev–Trinajstić information content (AvgIpc) is 2.87. The van der Waals surface area contributed by atoms with Crippen LogP contribution in [0.4, 0.5) is 14.6 Å². The Bertz CT molecular complexity index is 1230. The van der Waals surface area contributed by atoms with Gasteiger partial charge in [-0.25, -0.2) is 23.7 Å². The summed E-state index contributed by atoms with van der Waals surface area (Å²) < 4.78 is 30.6. The summed E-state index contributed by atoms with van der Waals surface area (Å²) in [5.74, 6) is -1.85. The van der Waals surface area contributed by atoms with Crippen LogP contribution in [0.3, 0.4) is 0 Å². The zero-order chi connectivity index (χ0) is 26.0. The molecule has 0 saturated carbocycles. The molecular weight excluding hydrogens is 464 g/mol. The minimum Gasteiger partial charge on any atom is -0.390 e. The summed E-state index contributed by atoms with van der Waals surface area (Å²) in [6.45, 7) is 6.08. The van der Waals surface area contributed by atoms with Crippen LogP contribution in [0.1, 0.15) is 49.7 Å². The number of aliphatic hydroxyl groups is 1. The van der Waals surface area contributed by atoms with E-state index in [1.165, 1.54) is 11.2 Å². The molecule has 1 fully saturated rings. The molecule has 36 heavy (non-hydrogen) atoms. The van der Waals surface area contributed by atoms with Crippen LogP contribution < -0.4 is 5.32 Å². The predicted molar refractivity (Wildman–Crippen MR) is 134 cm³/mol. The average molecular weight is 496 g/mol. The summed E-state index contributed by atoms with van der Waals surface area (Å²) in [5, 5.41) is 13.2. The number of aryl methyl sites for hydroxylation is 1. The monoisotopic (exact) mass is 495 g/mol. The zero-order valence-electron chi connectivity index (χ0n) is 21.0. The summed E-state index contributed by atoms with van der Waals surface area (Å²) in [6, 6.07) is 5.96. The van der Waals surface area contributed by atoms with Crippen molar-refractivity contribution in [2.24, 2.45) is 5.92 Å². The van der Waals surface area contributed by atoms with E-state index in [0.717, 1.165) is 23.4 Å². The fourth-order valence-corrected chi connectivity index (χ4v) is 4.76. The lowest BCUT2D eigenvalue weighted by molar-refractivity contribution is -0.0109.